The van der Waals surface area contributed by atoms with Crippen LogP contribution in [0.5, 0.6) is 0 Å². The van der Waals surface area contributed by atoms with E-state index in [1.807, 2.05) is 12.3 Å². The van der Waals surface area contributed by atoms with E-state index in [-0.39, 0.29) is 12.8 Å². The Morgan fingerprint density at radius 1 is 1.12 bits per heavy atom. The fourth-order valence-electron chi connectivity index (χ4n) is 5.95. The number of H-pyrrole nitrogens is 1. The molecule has 0 aliphatic heterocycles. The molecular formula is C22H28N4O6. The van der Waals surface area contributed by atoms with Crippen molar-refractivity contribution in [2.24, 2.45) is 23.5 Å². The zero-order valence-corrected chi connectivity index (χ0v) is 17.6. The number of pyridine rings is 1. The first-order valence-electron chi connectivity index (χ1n) is 10.8. The average Bonchev–Trinajstić information content (AvgIpc) is 3.17. The Morgan fingerprint density at radius 3 is 2.28 bits per heavy atom. The smallest absolute Gasteiger partial charge is 0.303 e. The molecule has 1 amide bonds. The lowest BCUT2D eigenvalue weighted by molar-refractivity contribution is -0.143. The molecule has 2 aromatic heterocycles. The van der Waals surface area contributed by atoms with Gasteiger partial charge in [0, 0.05) is 23.8 Å². The average molecular weight is 444 g/mol. The van der Waals surface area contributed by atoms with E-state index in [1.165, 1.54) is 12.8 Å². The molecule has 2 heterocycles. The third-order valence-electron chi connectivity index (χ3n) is 6.96. The molecule has 0 saturated heterocycles. The van der Waals surface area contributed by atoms with Crippen LogP contribution in [0.25, 0.3) is 11.0 Å². The van der Waals surface area contributed by atoms with E-state index >= 15 is 0 Å². The van der Waals surface area contributed by atoms with Gasteiger partial charge in [-0.15, -0.1) is 0 Å². The van der Waals surface area contributed by atoms with Crippen LogP contribution in [0.1, 0.15) is 55.3 Å². The highest BCUT2D eigenvalue weighted by Crippen LogP contribution is 2.56. The number of nitrogens with zero attached hydrogens (tertiary/aromatic N) is 1. The van der Waals surface area contributed by atoms with Gasteiger partial charge in [0.2, 0.25) is 0 Å². The zero-order valence-electron chi connectivity index (χ0n) is 17.6. The number of aromatic nitrogens is 2. The topological polar surface area (TPSA) is 179 Å². The monoisotopic (exact) mass is 444 g/mol. The van der Waals surface area contributed by atoms with Gasteiger partial charge >= 0.3 is 11.9 Å². The number of hydrogen-bond acceptors (Lipinski definition) is 6. The number of carboxylic acid groups (broad SMARTS) is 2. The second kappa shape index (κ2) is 8.42. The summed E-state index contributed by atoms with van der Waals surface area (Å²) < 4.78 is 0. The van der Waals surface area contributed by atoms with Crippen LogP contribution in [0, 0.1) is 17.8 Å². The molecule has 10 heteroatoms. The SMILES string of the molecule is NC(=O)c1cnc2[nH]ccc2c1N[C@H]1C2C[C@H]3C[C@H]1C[C@](O)(C2)C3.O=C(O)CCC(=O)O. The first-order valence-corrected chi connectivity index (χ1v) is 10.8. The Bertz CT molecular complexity index is 1020. The van der Waals surface area contributed by atoms with Crippen molar-refractivity contribution in [2.45, 2.75) is 56.6 Å². The van der Waals surface area contributed by atoms with Crippen LogP contribution in [0.4, 0.5) is 5.69 Å². The Morgan fingerprint density at radius 2 is 1.75 bits per heavy atom. The molecule has 7 N–H and O–H groups in total. The molecule has 4 bridgehead atoms. The van der Waals surface area contributed by atoms with Crippen molar-refractivity contribution in [1.29, 1.82) is 0 Å². The number of anilines is 1. The summed E-state index contributed by atoms with van der Waals surface area (Å²) in [5.74, 6) is -1.03. The molecule has 172 valence electrons. The number of primary amides is 1. The summed E-state index contributed by atoms with van der Waals surface area (Å²) in [6.45, 7) is 0. The molecule has 10 nitrogen and oxygen atoms in total. The number of aromatic amines is 1. The first-order chi connectivity index (χ1) is 15.1. The van der Waals surface area contributed by atoms with Crippen LogP contribution >= 0.6 is 0 Å². The second-order valence-electron chi connectivity index (χ2n) is 9.30. The van der Waals surface area contributed by atoms with Crippen molar-refractivity contribution in [1.82, 2.24) is 9.97 Å². The molecule has 32 heavy (non-hydrogen) atoms. The second-order valence-corrected chi connectivity index (χ2v) is 9.30. The molecule has 4 fully saturated rings. The Labute approximate surface area is 184 Å². The van der Waals surface area contributed by atoms with Crippen molar-refractivity contribution >= 4 is 34.6 Å². The fourth-order valence-corrected chi connectivity index (χ4v) is 5.95. The van der Waals surface area contributed by atoms with E-state index < -0.39 is 23.4 Å². The van der Waals surface area contributed by atoms with E-state index in [1.54, 1.807) is 6.20 Å². The number of hydrogen-bond donors (Lipinski definition) is 6. The van der Waals surface area contributed by atoms with Gasteiger partial charge in [0.1, 0.15) is 5.65 Å². The van der Waals surface area contributed by atoms with Crippen LogP contribution in [-0.2, 0) is 9.59 Å². The summed E-state index contributed by atoms with van der Waals surface area (Å²) in [4.78, 5) is 38.5. The van der Waals surface area contributed by atoms with Crippen molar-refractivity contribution in [3.05, 3.63) is 24.0 Å². The lowest BCUT2D eigenvalue weighted by Crippen LogP contribution is -2.59. The lowest BCUT2D eigenvalue weighted by Gasteiger charge is -2.58. The molecule has 6 rings (SSSR count). The normalized spacial score (nSPS) is 29.9. The summed E-state index contributed by atoms with van der Waals surface area (Å²) in [6, 6.07) is 2.22. The lowest BCUT2D eigenvalue weighted by atomic mass is 9.52. The predicted octanol–water partition coefficient (Wildman–Crippen LogP) is 1.95. The summed E-state index contributed by atoms with van der Waals surface area (Å²) in [5.41, 5.74) is 7.10. The van der Waals surface area contributed by atoms with Gasteiger partial charge in [-0.25, -0.2) is 4.98 Å². The van der Waals surface area contributed by atoms with Gasteiger partial charge in [-0.3, -0.25) is 14.4 Å². The van der Waals surface area contributed by atoms with E-state index in [4.69, 9.17) is 15.9 Å². The van der Waals surface area contributed by atoms with Gasteiger partial charge in [0.05, 0.1) is 29.7 Å². The van der Waals surface area contributed by atoms with Crippen molar-refractivity contribution < 1.29 is 29.7 Å². The van der Waals surface area contributed by atoms with Gasteiger partial charge in [-0.1, -0.05) is 0 Å². The van der Waals surface area contributed by atoms with Gasteiger partial charge in [-0.2, -0.15) is 0 Å². The Kier molecular flexibility index (Phi) is 5.81. The third-order valence-corrected chi connectivity index (χ3v) is 6.96. The molecule has 1 unspecified atom stereocenters. The Hall–Kier alpha value is -3.14. The van der Waals surface area contributed by atoms with Crippen molar-refractivity contribution in [3.8, 4) is 0 Å². The molecular weight excluding hydrogens is 416 g/mol. The molecule has 0 aromatic carbocycles. The van der Waals surface area contributed by atoms with E-state index in [2.05, 4.69) is 15.3 Å². The number of nitrogens with two attached hydrogens (primary N) is 1. The minimum absolute atomic E-state index is 0.292. The molecule has 5 atom stereocenters. The van der Waals surface area contributed by atoms with Crippen LogP contribution in [0.2, 0.25) is 0 Å². The van der Waals surface area contributed by atoms with Crippen LogP contribution in [-0.4, -0.2) is 54.8 Å². The van der Waals surface area contributed by atoms with Gasteiger partial charge in [0.15, 0.2) is 0 Å². The van der Waals surface area contributed by atoms with Crippen LogP contribution in [0.3, 0.4) is 0 Å². The minimum Gasteiger partial charge on any atom is -0.481 e. The fraction of sp³-hybridized carbons (Fsp3) is 0.545. The first kappa shape index (κ1) is 22.1. The highest BCUT2D eigenvalue weighted by molar-refractivity contribution is 6.06. The number of rotatable bonds is 6. The van der Waals surface area contributed by atoms with Gasteiger partial charge in [0.25, 0.3) is 5.91 Å². The summed E-state index contributed by atoms with van der Waals surface area (Å²) in [5, 5.41) is 31.1. The highest BCUT2D eigenvalue weighted by atomic mass is 16.4. The van der Waals surface area contributed by atoms with Gasteiger partial charge < -0.3 is 31.4 Å². The molecule has 4 aliphatic carbocycles. The third kappa shape index (κ3) is 4.40. The number of carbonyl (C=O) groups is 3. The molecule has 0 radical (unpaired) electrons. The number of fused-ring (bicyclic) bond motifs is 1. The number of nitrogens with one attached hydrogen (secondary N) is 2. The summed E-state index contributed by atoms with van der Waals surface area (Å²) in [6.07, 6.45) is 7.82. The van der Waals surface area contributed by atoms with Crippen LogP contribution < -0.4 is 11.1 Å². The van der Waals surface area contributed by atoms with Gasteiger partial charge in [-0.05, 0) is 55.9 Å². The zero-order chi connectivity index (χ0) is 23.0. The maximum atomic E-state index is 11.9. The van der Waals surface area contributed by atoms with Crippen molar-refractivity contribution in [3.63, 3.8) is 0 Å². The van der Waals surface area contributed by atoms with Crippen LogP contribution in [0.15, 0.2) is 18.5 Å². The standard InChI is InChI=1S/C18H22N4O2.C4H6O4/c19-16(23)13-8-21-17-12(1-2-20-17)15(13)22-14-10-3-9-4-11(14)7-18(24,5-9)6-10;5-3(6)1-2-4(7)8/h1-2,8-11,14,24H,3-7H2,(H2,19,23)(H2,20,21,22);1-2H2,(H,5,6)(H,7,8)/t9-,10+,11?,14-,18+;/m1./s1. The number of amides is 1. The largest absolute Gasteiger partial charge is 0.481 e. The van der Waals surface area contributed by atoms with E-state index in [0.717, 1.165) is 36.0 Å². The number of aliphatic carboxylic acids is 2. The quantitative estimate of drug-likeness (QED) is 0.391. The summed E-state index contributed by atoms with van der Waals surface area (Å²) in [7, 11) is 0. The summed E-state index contributed by atoms with van der Waals surface area (Å²) >= 11 is 0. The molecule has 4 saturated carbocycles. The molecule has 0 spiro atoms. The Balaban J connectivity index is 0.000000265. The molecule has 2 aromatic rings. The minimum atomic E-state index is -1.08. The van der Waals surface area contributed by atoms with E-state index in [0.29, 0.717) is 29.4 Å². The maximum absolute atomic E-state index is 11.9. The molecule has 4 aliphatic rings. The highest BCUT2D eigenvalue weighted by Gasteiger charge is 2.54. The number of carbonyl (C=O) groups excluding carboxylic acids is 1. The number of aliphatic hydroxyl groups is 1. The van der Waals surface area contributed by atoms with E-state index in [9.17, 15) is 19.5 Å². The van der Waals surface area contributed by atoms with Crippen molar-refractivity contribution in [2.75, 3.05) is 5.32 Å². The predicted molar refractivity (Wildman–Crippen MR) is 115 cm³/mol. The maximum Gasteiger partial charge on any atom is 0.303 e. The number of carboxylic acids is 2.